The molecule has 0 fully saturated rings. The van der Waals surface area contributed by atoms with Crippen LogP contribution in [0.2, 0.25) is 0 Å². The molecule has 18 heavy (non-hydrogen) atoms. The van der Waals surface area contributed by atoms with Crippen LogP contribution in [0, 0.1) is 0 Å². The molecule has 2 rings (SSSR count). The predicted octanol–water partition coefficient (Wildman–Crippen LogP) is 2.12. The van der Waals surface area contributed by atoms with E-state index in [-0.39, 0.29) is 11.9 Å². The van der Waals surface area contributed by atoms with Gasteiger partial charge in [0.15, 0.2) is 0 Å². The summed E-state index contributed by atoms with van der Waals surface area (Å²) in [5.74, 6) is -0.102. The fraction of sp³-hybridized carbons (Fsp3) is 0.133. The van der Waals surface area contributed by atoms with Gasteiger partial charge in [-0.05, 0) is 17.7 Å². The van der Waals surface area contributed by atoms with Crippen molar-refractivity contribution in [2.24, 2.45) is 5.73 Å². The lowest BCUT2D eigenvalue weighted by atomic mass is 10.1. The van der Waals surface area contributed by atoms with Crippen LogP contribution in [0.1, 0.15) is 22.0 Å². The number of hydrogen-bond acceptors (Lipinski definition) is 2. The smallest absolute Gasteiger partial charge is 0.251 e. The monoisotopic (exact) mass is 240 g/mol. The molecule has 0 bridgehead atoms. The summed E-state index contributed by atoms with van der Waals surface area (Å²) >= 11 is 0. The Kier molecular flexibility index (Phi) is 4.10. The van der Waals surface area contributed by atoms with Crippen molar-refractivity contribution >= 4 is 5.91 Å². The molecule has 0 heterocycles. The second-order valence-corrected chi connectivity index (χ2v) is 4.04. The fourth-order valence-electron chi connectivity index (χ4n) is 1.79. The summed E-state index contributed by atoms with van der Waals surface area (Å²) in [5, 5.41) is 2.94. The first-order valence-corrected chi connectivity index (χ1v) is 5.92. The van der Waals surface area contributed by atoms with Gasteiger partial charge < -0.3 is 11.1 Å². The van der Waals surface area contributed by atoms with Crippen molar-refractivity contribution in [1.29, 1.82) is 0 Å². The SMILES string of the molecule is NC[C@@H](NC(=O)c1ccccc1)c1ccccc1. The van der Waals surface area contributed by atoms with Crippen molar-refractivity contribution in [2.75, 3.05) is 6.54 Å². The molecule has 0 aromatic heterocycles. The first-order valence-electron chi connectivity index (χ1n) is 5.92. The normalized spacial score (nSPS) is 11.8. The number of nitrogens with two attached hydrogens (primary N) is 1. The maximum atomic E-state index is 12.0. The molecule has 1 amide bonds. The molecule has 3 nitrogen and oxygen atoms in total. The Morgan fingerprint density at radius 2 is 1.56 bits per heavy atom. The Morgan fingerprint density at radius 3 is 2.11 bits per heavy atom. The van der Waals surface area contributed by atoms with Gasteiger partial charge in [0.2, 0.25) is 0 Å². The highest BCUT2D eigenvalue weighted by Gasteiger charge is 2.13. The van der Waals surface area contributed by atoms with Gasteiger partial charge in [-0.2, -0.15) is 0 Å². The Hall–Kier alpha value is -2.13. The summed E-state index contributed by atoms with van der Waals surface area (Å²) in [6.07, 6.45) is 0. The van der Waals surface area contributed by atoms with Crippen molar-refractivity contribution in [3.05, 3.63) is 71.8 Å². The first kappa shape index (κ1) is 12.3. The standard InChI is InChI=1S/C15H16N2O/c16-11-14(12-7-3-1-4-8-12)17-15(18)13-9-5-2-6-10-13/h1-10,14H,11,16H2,(H,17,18)/t14-/m1/s1. The Balaban J connectivity index is 2.10. The van der Waals surface area contributed by atoms with Crippen LogP contribution in [0.3, 0.4) is 0 Å². The van der Waals surface area contributed by atoms with E-state index in [1.165, 1.54) is 0 Å². The lowest BCUT2D eigenvalue weighted by Crippen LogP contribution is -2.33. The molecule has 0 radical (unpaired) electrons. The molecule has 2 aromatic carbocycles. The number of hydrogen-bond donors (Lipinski definition) is 2. The summed E-state index contributed by atoms with van der Waals surface area (Å²) in [4.78, 5) is 12.0. The highest BCUT2D eigenvalue weighted by atomic mass is 16.1. The minimum Gasteiger partial charge on any atom is -0.344 e. The molecular formula is C15H16N2O. The van der Waals surface area contributed by atoms with E-state index in [1.807, 2.05) is 48.5 Å². The van der Waals surface area contributed by atoms with Gasteiger partial charge in [0.25, 0.3) is 5.91 Å². The lowest BCUT2D eigenvalue weighted by Gasteiger charge is -2.17. The summed E-state index contributed by atoms with van der Waals surface area (Å²) in [7, 11) is 0. The number of amides is 1. The number of benzene rings is 2. The molecule has 0 aliphatic heterocycles. The van der Waals surface area contributed by atoms with E-state index in [0.29, 0.717) is 12.1 Å². The van der Waals surface area contributed by atoms with E-state index in [9.17, 15) is 4.79 Å². The summed E-state index contributed by atoms with van der Waals surface area (Å²) in [6.45, 7) is 0.378. The third kappa shape index (κ3) is 2.96. The number of nitrogens with one attached hydrogen (secondary N) is 1. The van der Waals surface area contributed by atoms with Gasteiger partial charge in [0.05, 0.1) is 6.04 Å². The van der Waals surface area contributed by atoms with Crippen molar-refractivity contribution in [3.8, 4) is 0 Å². The summed E-state index contributed by atoms with van der Waals surface area (Å²) in [6, 6.07) is 18.7. The number of carbonyl (C=O) groups is 1. The van der Waals surface area contributed by atoms with Crippen LogP contribution in [0.5, 0.6) is 0 Å². The molecule has 92 valence electrons. The van der Waals surface area contributed by atoms with E-state index < -0.39 is 0 Å². The average molecular weight is 240 g/mol. The fourth-order valence-corrected chi connectivity index (χ4v) is 1.79. The Bertz CT molecular complexity index is 496. The third-order valence-corrected chi connectivity index (χ3v) is 2.78. The topological polar surface area (TPSA) is 55.1 Å². The zero-order valence-electron chi connectivity index (χ0n) is 10.0. The van der Waals surface area contributed by atoms with Crippen molar-refractivity contribution in [1.82, 2.24) is 5.32 Å². The predicted molar refractivity (Wildman–Crippen MR) is 72.1 cm³/mol. The first-order chi connectivity index (χ1) is 8.81. The third-order valence-electron chi connectivity index (χ3n) is 2.78. The lowest BCUT2D eigenvalue weighted by molar-refractivity contribution is 0.0938. The van der Waals surface area contributed by atoms with Crippen molar-refractivity contribution < 1.29 is 4.79 Å². The minimum absolute atomic E-state index is 0.102. The quantitative estimate of drug-likeness (QED) is 0.860. The minimum atomic E-state index is -0.154. The molecule has 0 aliphatic rings. The summed E-state index contributed by atoms with van der Waals surface area (Å²) in [5.41, 5.74) is 7.38. The molecule has 3 heteroatoms. The van der Waals surface area contributed by atoms with Gasteiger partial charge in [-0.1, -0.05) is 48.5 Å². The van der Waals surface area contributed by atoms with Gasteiger partial charge in [0.1, 0.15) is 0 Å². The number of carbonyl (C=O) groups excluding carboxylic acids is 1. The highest BCUT2D eigenvalue weighted by Crippen LogP contribution is 2.12. The zero-order valence-corrected chi connectivity index (χ0v) is 10.0. The highest BCUT2D eigenvalue weighted by molar-refractivity contribution is 5.94. The second kappa shape index (κ2) is 5.98. The Labute approximate surface area is 107 Å². The van der Waals surface area contributed by atoms with E-state index >= 15 is 0 Å². The Morgan fingerprint density at radius 1 is 1.00 bits per heavy atom. The summed E-state index contributed by atoms with van der Waals surface area (Å²) < 4.78 is 0. The van der Waals surface area contributed by atoms with Crippen LogP contribution in [0.15, 0.2) is 60.7 Å². The van der Waals surface area contributed by atoms with Gasteiger partial charge in [-0.15, -0.1) is 0 Å². The molecule has 2 aromatic rings. The molecule has 0 saturated carbocycles. The van der Waals surface area contributed by atoms with Crippen LogP contribution < -0.4 is 11.1 Å². The molecule has 0 aliphatic carbocycles. The van der Waals surface area contributed by atoms with E-state index in [1.54, 1.807) is 12.1 Å². The van der Waals surface area contributed by atoms with Crippen LogP contribution in [-0.2, 0) is 0 Å². The van der Waals surface area contributed by atoms with E-state index in [0.717, 1.165) is 5.56 Å². The van der Waals surface area contributed by atoms with E-state index in [2.05, 4.69) is 5.32 Å². The largest absolute Gasteiger partial charge is 0.344 e. The second-order valence-electron chi connectivity index (χ2n) is 4.04. The van der Waals surface area contributed by atoms with Gasteiger partial charge in [0, 0.05) is 12.1 Å². The maximum absolute atomic E-state index is 12.0. The van der Waals surface area contributed by atoms with Crippen LogP contribution in [0.25, 0.3) is 0 Å². The van der Waals surface area contributed by atoms with Crippen LogP contribution >= 0.6 is 0 Å². The zero-order chi connectivity index (χ0) is 12.8. The molecule has 1 atom stereocenters. The van der Waals surface area contributed by atoms with E-state index in [4.69, 9.17) is 5.73 Å². The van der Waals surface area contributed by atoms with Crippen LogP contribution in [-0.4, -0.2) is 12.5 Å². The molecular weight excluding hydrogens is 224 g/mol. The number of rotatable bonds is 4. The van der Waals surface area contributed by atoms with Crippen molar-refractivity contribution in [2.45, 2.75) is 6.04 Å². The average Bonchev–Trinajstić information content (AvgIpc) is 2.46. The molecule has 0 saturated heterocycles. The molecule has 3 N–H and O–H groups in total. The van der Waals surface area contributed by atoms with Gasteiger partial charge in [-0.3, -0.25) is 4.79 Å². The van der Waals surface area contributed by atoms with Crippen LogP contribution in [0.4, 0.5) is 0 Å². The molecule has 0 unspecified atom stereocenters. The van der Waals surface area contributed by atoms with Crippen molar-refractivity contribution in [3.63, 3.8) is 0 Å². The maximum Gasteiger partial charge on any atom is 0.251 e. The van der Waals surface area contributed by atoms with Gasteiger partial charge >= 0.3 is 0 Å². The van der Waals surface area contributed by atoms with Gasteiger partial charge in [-0.25, -0.2) is 0 Å². The molecule has 0 spiro atoms.